The normalized spacial score (nSPS) is 16.7. The van der Waals surface area contributed by atoms with E-state index < -0.39 is 10.0 Å². The molecule has 1 aromatic heterocycles. The smallest absolute Gasteiger partial charge is 0.244 e. The first-order valence-corrected chi connectivity index (χ1v) is 9.65. The van der Waals surface area contributed by atoms with Crippen LogP contribution in [0.4, 0.5) is 5.82 Å². The molecular formula is C14H22BrN3O2S. The highest BCUT2D eigenvalue weighted by Crippen LogP contribution is 2.34. The maximum Gasteiger partial charge on any atom is 0.244 e. The Morgan fingerprint density at radius 2 is 2.14 bits per heavy atom. The monoisotopic (exact) mass is 375 g/mol. The molecule has 5 nitrogen and oxygen atoms in total. The molecule has 0 amide bonds. The summed E-state index contributed by atoms with van der Waals surface area (Å²) < 4.78 is 28.8. The number of aromatic nitrogens is 1. The van der Waals surface area contributed by atoms with E-state index >= 15 is 0 Å². The topological polar surface area (TPSA) is 71.1 Å². The fourth-order valence-corrected chi connectivity index (χ4v) is 4.24. The van der Waals surface area contributed by atoms with Crippen LogP contribution < -0.4 is 10.0 Å². The molecule has 0 radical (unpaired) electrons. The van der Waals surface area contributed by atoms with Crippen LogP contribution in [0.15, 0.2) is 21.6 Å². The van der Waals surface area contributed by atoms with Crippen LogP contribution in [-0.2, 0) is 10.0 Å². The second-order valence-corrected chi connectivity index (χ2v) is 8.03. The minimum atomic E-state index is -3.57. The molecule has 0 saturated heterocycles. The Bertz CT molecular complexity index is 588. The van der Waals surface area contributed by atoms with Crippen molar-refractivity contribution in [3.05, 3.63) is 16.7 Å². The molecule has 2 N–H and O–H groups in total. The second kappa shape index (κ2) is 7.07. The van der Waals surface area contributed by atoms with Crippen LogP contribution in [0.5, 0.6) is 0 Å². The van der Waals surface area contributed by atoms with E-state index in [1.54, 1.807) is 12.3 Å². The number of nitrogens with zero attached hydrogens (tertiary/aromatic N) is 1. The highest BCUT2D eigenvalue weighted by Gasteiger charge is 2.29. The fraction of sp³-hybridized carbons (Fsp3) is 0.643. The molecular weight excluding hydrogens is 354 g/mol. The maximum absolute atomic E-state index is 12.6. The summed E-state index contributed by atoms with van der Waals surface area (Å²) in [5.41, 5.74) is 0. The molecule has 1 saturated carbocycles. The molecule has 0 aliphatic heterocycles. The number of rotatable bonds is 8. The zero-order valence-corrected chi connectivity index (χ0v) is 14.8. The van der Waals surface area contributed by atoms with Gasteiger partial charge in [0.25, 0.3) is 0 Å². The third-order valence-corrected chi connectivity index (χ3v) is 5.55. The van der Waals surface area contributed by atoms with Crippen molar-refractivity contribution < 1.29 is 8.42 Å². The van der Waals surface area contributed by atoms with Crippen molar-refractivity contribution in [3.8, 4) is 0 Å². The third kappa shape index (κ3) is 4.66. The van der Waals surface area contributed by atoms with Crippen LogP contribution in [0.25, 0.3) is 0 Å². The van der Waals surface area contributed by atoms with Gasteiger partial charge < -0.3 is 5.32 Å². The van der Waals surface area contributed by atoms with E-state index in [0.29, 0.717) is 22.8 Å². The second-order valence-electron chi connectivity index (χ2n) is 5.44. The Hall–Kier alpha value is -0.660. The van der Waals surface area contributed by atoms with Crippen molar-refractivity contribution in [2.75, 3.05) is 11.9 Å². The van der Waals surface area contributed by atoms with Crippen molar-refractivity contribution in [3.63, 3.8) is 0 Å². The zero-order valence-electron chi connectivity index (χ0n) is 12.4. The van der Waals surface area contributed by atoms with Crippen LogP contribution in [-0.4, -0.2) is 26.0 Å². The summed E-state index contributed by atoms with van der Waals surface area (Å²) >= 11 is 3.29. The molecule has 0 spiro atoms. The van der Waals surface area contributed by atoms with Crippen molar-refractivity contribution in [2.45, 2.75) is 50.5 Å². The zero-order chi connectivity index (χ0) is 15.5. The molecule has 118 valence electrons. The molecule has 1 fully saturated rings. The Morgan fingerprint density at radius 3 is 2.71 bits per heavy atom. The van der Waals surface area contributed by atoms with Crippen LogP contribution in [0.1, 0.15) is 39.5 Å². The van der Waals surface area contributed by atoms with Gasteiger partial charge in [-0.2, -0.15) is 0 Å². The lowest BCUT2D eigenvalue weighted by atomic mass is 10.1. The van der Waals surface area contributed by atoms with E-state index in [1.807, 2.05) is 13.8 Å². The van der Waals surface area contributed by atoms with Gasteiger partial charge in [-0.25, -0.2) is 18.1 Å². The first-order chi connectivity index (χ1) is 9.96. The van der Waals surface area contributed by atoms with Gasteiger partial charge in [-0.3, -0.25) is 0 Å². The number of hydrogen-bond acceptors (Lipinski definition) is 4. The Labute approximate surface area is 135 Å². The summed E-state index contributed by atoms with van der Waals surface area (Å²) in [6.45, 7) is 4.55. The van der Waals surface area contributed by atoms with Gasteiger partial charge in [0.1, 0.15) is 10.7 Å². The minimum absolute atomic E-state index is 0.00374. The molecule has 2 rings (SSSR count). The lowest BCUT2D eigenvalue weighted by molar-refractivity contribution is 0.495. The van der Waals surface area contributed by atoms with E-state index in [0.717, 1.165) is 12.8 Å². The summed E-state index contributed by atoms with van der Waals surface area (Å²) in [5.74, 6) is 1.08. The lowest BCUT2D eigenvalue weighted by Gasteiger charge is -2.18. The Kier molecular flexibility index (Phi) is 5.62. The van der Waals surface area contributed by atoms with Gasteiger partial charge in [0.05, 0.1) is 0 Å². The van der Waals surface area contributed by atoms with Crippen LogP contribution in [0, 0.1) is 5.92 Å². The summed E-state index contributed by atoms with van der Waals surface area (Å²) in [6, 6.07) is 1.59. The van der Waals surface area contributed by atoms with Crippen molar-refractivity contribution in [1.82, 2.24) is 9.71 Å². The van der Waals surface area contributed by atoms with Gasteiger partial charge in [-0.1, -0.05) is 19.8 Å². The van der Waals surface area contributed by atoms with Gasteiger partial charge in [0.2, 0.25) is 10.0 Å². The molecule has 0 bridgehead atoms. The minimum Gasteiger partial charge on any atom is -0.369 e. The predicted molar refractivity (Wildman–Crippen MR) is 87.8 cm³/mol. The number of hydrogen-bond donors (Lipinski definition) is 2. The molecule has 7 heteroatoms. The maximum atomic E-state index is 12.6. The summed E-state index contributed by atoms with van der Waals surface area (Å²) in [4.78, 5) is 4.37. The Balaban J connectivity index is 2.22. The first kappa shape index (κ1) is 16.7. The molecule has 1 heterocycles. The average molecular weight is 376 g/mol. The van der Waals surface area contributed by atoms with Crippen LogP contribution >= 0.6 is 15.9 Å². The highest BCUT2D eigenvalue weighted by molar-refractivity contribution is 9.10. The third-order valence-electron chi connectivity index (χ3n) is 3.58. The number of sulfonamides is 1. The van der Waals surface area contributed by atoms with E-state index in [2.05, 4.69) is 31.0 Å². The highest BCUT2D eigenvalue weighted by atomic mass is 79.9. The molecule has 1 atom stereocenters. The SMILES string of the molecule is CCNc1ncc(Br)cc1S(=O)(=O)NC(CC)CC1CC1. The van der Waals surface area contributed by atoms with Crippen molar-refractivity contribution >= 4 is 31.8 Å². The van der Waals surface area contributed by atoms with Crippen LogP contribution in [0.2, 0.25) is 0 Å². The standard InChI is InChI=1S/C14H22BrN3O2S/c1-3-12(7-10-5-6-10)18-21(19,20)13-8-11(15)9-17-14(13)16-4-2/h8-10,12,18H,3-7H2,1-2H3,(H,16,17). The van der Waals surface area contributed by atoms with Crippen molar-refractivity contribution in [1.29, 1.82) is 0 Å². The number of nitrogens with one attached hydrogen (secondary N) is 2. The predicted octanol–water partition coefficient (Wildman–Crippen LogP) is 3.13. The van der Waals surface area contributed by atoms with Gasteiger partial charge >= 0.3 is 0 Å². The molecule has 0 aromatic carbocycles. The summed E-state index contributed by atoms with van der Waals surface area (Å²) in [6.07, 6.45) is 5.76. The molecule has 1 aliphatic rings. The molecule has 21 heavy (non-hydrogen) atoms. The van der Waals surface area contributed by atoms with Gasteiger partial charge in [-0.05, 0) is 47.7 Å². The Morgan fingerprint density at radius 1 is 1.43 bits per heavy atom. The lowest BCUT2D eigenvalue weighted by Crippen LogP contribution is -2.35. The molecule has 1 unspecified atom stereocenters. The largest absolute Gasteiger partial charge is 0.369 e. The number of halogens is 1. The summed E-state index contributed by atoms with van der Waals surface area (Å²) in [7, 11) is -3.57. The van der Waals surface area contributed by atoms with E-state index in [9.17, 15) is 8.42 Å². The van der Waals surface area contributed by atoms with E-state index in [-0.39, 0.29) is 10.9 Å². The van der Waals surface area contributed by atoms with Crippen molar-refractivity contribution in [2.24, 2.45) is 5.92 Å². The average Bonchev–Trinajstić information content (AvgIpc) is 3.24. The first-order valence-electron chi connectivity index (χ1n) is 7.38. The van der Waals surface area contributed by atoms with E-state index in [4.69, 9.17) is 0 Å². The van der Waals surface area contributed by atoms with Crippen LogP contribution in [0.3, 0.4) is 0 Å². The summed E-state index contributed by atoms with van der Waals surface area (Å²) in [5, 5.41) is 3.00. The van der Waals surface area contributed by atoms with E-state index in [1.165, 1.54) is 12.8 Å². The molecule has 1 aromatic rings. The van der Waals surface area contributed by atoms with Gasteiger partial charge in [0, 0.05) is 23.3 Å². The van der Waals surface area contributed by atoms with Gasteiger partial charge in [-0.15, -0.1) is 0 Å². The fourth-order valence-electron chi connectivity index (χ4n) is 2.26. The number of pyridine rings is 1. The number of anilines is 1. The quantitative estimate of drug-likeness (QED) is 0.731. The molecule has 1 aliphatic carbocycles. The van der Waals surface area contributed by atoms with Gasteiger partial charge in [0.15, 0.2) is 0 Å².